The summed E-state index contributed by atoms with van der Waals surface area (Å²) in [5, 5.41) is 4.71. The maximum atomic E-state index is 12.8. The molecule has 0 bridgehead atoms. The lowest BCUT2D eigenvalue weighted by atomic mass is 10.0. The van der Waals surface area contributed by atoms with Crippen LogP contribution in [0.4, 0.5) is 4.39 Å². The summed E-state index contributed by atoms with van der Waals surface area (Å²) in [5.41, 5.74) is 2.54. The molecule has 0 aliphatic carbocycles. The average molecular weight is 446 g/mol. The quantitative estimate of drug-likeness (QED) is 0.411. The number of ether oxygens (including phenoxy) is 1. The summed E-state index contributed by atoms with van der Waals surface area (Å²) in [6.07, 6.45) is 2.45. The Morgan fingerprint density at radius 2 is 2.04 bits per heavy atom. The number of rotatable bonds is 7. The molecular weight excluding hydrogens is 429 g/mol. The Morgan fingerprint density at radius 1 is 1.21 bits per heavy atom. The highest BCUT2D eigenvalue weighted by atomic mass is 79.9. The summed E-state index contributed by atoms with van der Waals surface area (Å²) in [6.45, 7) is 1.77. The molecule has 144 valence electrons. The van der Waals surface area contributed by atoms with E-state index in [-0.39, 0.29) is 24.7 Å². The summed E-state index contributed by atoms with van der Waals surface area (Å²) < 4.78 is 19.4. The molecule has 0 amide bonds. The first-order chi connectivity index (χ1) is 13.5. The minimum Gasteiger partial charge on any atom is -0.485 e. The normalized spacial score (nSPS) is 10.7. The third-order valence-corrected chi connectivity index (χ3v) is 4.71. The molecule has 0 unspecified atom stereocenters. The van der Waals surface area contributed by atoms with Gasteiger partial charge in [-0.05, 0) is 30.2 Å². The lowest BCUT2D eigenvalue weighted by Crippen LogP contribution is -2.26. The van der Waals surface area contributed by atoms with E-state index in [9.17, 15) is 14.0 Å². The molecule has 6 nitrogen and oxygen atoms in total. The van der Waals surface area contributed by atoms with Crippen LogP contribution in [-0.2, 0) is 18.5 Å². The van der Waals surface area contributed by atoms with Gasteiger partial charge >= 0.3 is 0 Å². The molecule has 0 fully saturated rings. The van der Waals surface area contributed by atoms with E-state index in [1.54, 1.807) is 6.07 Å². The second-order valence-electron chi connectivity index (χ2n) is 6.15. The van der Waals surface area contributed by atoms with E-state index in [1.165, 1.54) is 24.4 Å². The number of aromatic nitrogens is 3. The Bertz CT molecular complexity index is 1050. The molecule has 0 aliphatic heterocycles. The van der Waals surface area contributed by atoms with Gasteiger partial charge in [0.2, 0.25) is 0 Å². The molecule has 3 rings (SSSR count). The van der Waals surface area contributed by atoms with Crippen LogP contribution in [-0.4, -0.2) is 20.5 Å². The van der Waals surface area contributed by atoms with Gasteiger partial charge in [-0.15, -0.1) is 0 Å². The lowest BCUT2D eigenvalue weighted by molar-refractivity contribution is 0.0964. The van der Waals surface area contributed by atoms with Gasteiger partial charge in [0.05, 0.1) is 18.1 Å². The summed E-state index contributed by atoms with van der Waals surface area (Å²) in [7, 11) is 0. The molecule has 1 aromatic carbocycles. The van der Waals surface area contributed by atoms with E-state index in [1.807, 2.05) is 19.1 Å². The van der Waals surface area contributed by atoms with E-state index in [0.717, 1.165) is 22.0 Å². The molecule has 0 atom stereocenters. The van der Waals surface area contributed by atoms with E-state index in [2.05, 4.69) is 26.0 Å². The summed E-state index contributed by atoms with van der Waals surface area (Å²) >= 11 is 3.38. The third kappa shape index (κ3) is 4.89. The molecule has 0 spiro atoms. The van der Waals surface area contributed by atoms with Crippen molar-refractivity contribution in [1.82, 2.24) is 14.8 Å². The molecule has 0 saturated carbocycles. The first kappa shape index (κ1) is 19.9. The standard InChI is InChI=1S/C20H17BrFN3O3/c1-13-6-14(8-21)2-5-18(13)19(26)11-25-20(27)7-17(10-24-25)28-12-16-4-3-15(22)9-23-16/h2-7,9-10H,8,11-12H2,1H3. The monoisotopic (exact) mass is 445 g/mol. The fraction of sp³-hybridized carbons (Fsp3) is 0.200. The Morgan fingerprint density at radius 3 is 2.68 bits per heavy atom. The number of carbonyl (C=O) groups excluding carboxylic acids is 1. The highest BCUT2D eigenvalue weighted by molar-refractivity contribution is 9.08. The Hall–Kier alpha value is -2.87. The predicted molar refractivity (Wildman–Crippen MR) is 105 cm³/mol. The Kier molecular flexibility index (Phi) is 6.30. The topological polar surface area (TPSA) is 74.1 Å². The van der Waals surface area contributed by atoms with Crippen LogP contribution in [0.15, 0.2) is 53.6 Å². The molecule has 0 saturated heterocycles. The second kappa shape index (κ2) is 8.88. The van der Waals surface area contributed by atoms with Crippen LogP contribution in [0, 0.1) is 12.7 Å². The smallest absolute Gasteiger partial charge is 0.270 e. The number of carbonyl (C=O) groups is 1. The molecule has 2 heterocycles. The van der Waals surface area contributed by atoms with Gasteiger partial charge in [-0.3, -0.25) is 14.6 Å². The number of hydrogen-bond donors (Lipinski definition) is 0. The van der Waals surface area contributed by atoms with Crippen molar-refractivity contribution in [2.75, 3.05) is 0 Å². The van der Waals surface area contributed by atoms with Crippen LogP contribution in [0.2, 0.25) is 0 Å². The first-order valence-electron chi connectivity index (χ1n) is 8.45. The highest BCUT2D eigenvalue weighted by Crippen LogP contribution is 2.15. The van der Waals surface area contributed by atoms with Gasteiger partial charge < -0.3 is 4.74 Å². The zero-order valence-electron chi connectivity index (χ0n) is 15.1. The van der Waals surface area contributed by atoms with Gasteiger partial charge in [-0.2, -0.15) is 5.10 Å². The third-order valence-electron chi connectivity index (χ3n) is 4.06. The van der Waals surface area contributed by atoms with Crippen molar-refractivity contribution in [2.45, 2.75) is 25.4 Å². The van der Waals surface area contributed by atoms with E-state index in [0.29, 0.717) is 16.6 Å². The maximum absolute atomic E-state index is 12.8. The van der Waals surface area contributed by atoms with Gasteiger partial charge in [0.1, 0.15) is 24.7 Å². The molecule has 8 heteroatoms. The van der Waals surface area contributed by atoms with Crippen LogP contribution in [0.3, 0.4) is 0 Å². The number of aryl methyl sites for hydroxylation is 1. The number of halogens is 2. The minimum atomic E-state index is -0.451. The molecular formula is C20H17BrFN3O3. The van der Waals surface area contributed by atoms with Crippen LogP contribution in [0.25, 0.3) is 0 Å². The lowest BCUT2D eigenvalue weighted by Gasteiger charge is -2.09. The average Bonchev–Trinajstić information content (AvgIpc) is 2.69. The van der Waals surface area contributed by atoms with Crippen molar-refractivity contribution in [3.05, 3.63) is 87.3 Å². The Balaban J connectivity index is 1.67. The van der Waals surface area contributed by atoms with Gasteiger partial charge in [0.25, 0.3) is 5.56 Å². The van der Waals surface area contributed by atoms with Crippen LogP contribution in [0.1, 0.15) is 27.2 Å². The number of benzene rings is 1. The summed E-state index contributed by atoms with van der Waals surface area (Å²) in [5.74, 6) is -0.384. The van der Waals surface area contributed by atoms with E-state index >= 15 is 0 Å². The predicted octanol–water partition coefficient (Wildman–Crippen LogP) is 3.44. The first-order valence-corrected chi connectivity index (χ1v) is 9.57. The molecule has 28 heavy (non-hydrogen) atoms. The molecule has 0 aliphatic rings. The van der Waals surface area contributed by atoms with Crippen molar-refractivity contribution in [2.24, 2.45) is 0 Å². The van der Waals surface area contributed by atoms with Crippen molar-refractivity contribution in [3.63, 3.8) is 0 Å². The largest absolute Gasteiger partial charge is 0.485 e. The second-order valence-corrected chi connectivity index (χ2v) is 6.71. The van der Waals surface area contributed by atoms with Crippen molar-refractivity contribution >= 4 is 21.7 Å². The van der Waals surface area contributed by atoms with Gasteiger partial charge in [0, 0.05) is 17.0 Å². The fourth-order valence-electron chi connectivity index (χ4n) is 2.61. The summed E-state index contributed by atoms with van der Waals surface area (Å²) in [4.78, 5) is 28.6. The zero-order chi connectivity index (χ0) is 20.1. The fourth-order valence-corrected chi connectivity index (χ4v) is 2.96. The van der Waals surface area contributed by atoms with Crippen molar-refractivity contribution < 1.29 is 13.9 Å². The minimum absolute atomic E-state index is 0.0729. The molecule has 2 aromatic heterocycles. The van der Waals surface area contributed by atoms with Gasteiger partial charge in [-0.25, -0.2) is 9.07 Å². The van der Waals surface area contributed by atoms with E-state index in [4.69, 9.17) is 4.74 Å². The van der Waals surface area contributed by atoms with Crippen molar-refractivity contribution in [3.8, 4) is 5.75 Å². The van der Waals surface area contributed by atoms with Gasteiger partial charge in [0.15, 0.2) is 5.78 Å². The molecule has 0 N–H and O–H groups in total. The molecule has 0 radical (unpaired) electrons. The number of Topliss-reactive ketones (excluding diaryl/α,β-unsaturated/α-hetero) is 1. The van der Waals surface area contributed by atoms with Crippen molar-refractivity contribution in [1.29, 1.82) is 0 Å². The molecule has 3 aromatic rings. The maximum Gasteiger partial charge on any atom is 0.270 e. The summed E-state index contributed by atoms with van der Waals surface area (Å²) in [6, 6.07) is 9.58. The number of pyridine rings is 1. The van der Waals surface area contributed by atoms with Crippen LogP contribution in [0.5, 0.6) is 5.75 Å². The number of ketones is 1. The van der Waals surface area contributed by atoms with E-state index < -0.39 is 11.4 Å². The number of hydrogen-bond acceptors (Lipinski definition) is 5. The number of nitrogens with zero attached hydrogens (tertiary/aromatic N) is 3. The van der Waals surface area contributed by atoms with Crippen LogP contribution >= 0.6 is 15.9 Å². The number of alkyl halides is 1. The van der Waals surface area contributed by atoms with Gasteiger partial charge in [-0.1, -0.05) is 34.1 Å². The SMILES string of the molecule is Cc1cc(CBr)ccc1C(=O)Cn1ncc(OCc2ccc(F)cn2)cc1=O. The highest BCUT2D eigenvalue weighted by Gasteiger charge is 2.12. The zero-order valence-corrected chi connectivity index (χ0v) is 16.6. The van der Waals surface area contributed by atoms with Crippen LogP contribution < -0.4 is 10.3 Å². The Labute approximate surface area is 169 Å².